The van der Waals surface area contributed by atoms with E-state index in [9.17, 15) is 4.79 Å². The number of benzene rings is 1. The van der Waals surface area contributed by atoms with Crippen molar-refractivity contribution in [3.05, 3.63) is 24.3 Å². The Bertz CT molecular complexity index is 475. The van der Waals surface area contributed by atoms with Crippen LogP contribution in [-0.4, -0.2) is 44.1 Å². The average Bonchev–Trinajstić information content (AvgIpc) is 2.96. The Kier molecular flexibility index (Phi) is 3.09. The first-order chi connectivity index (χ1) is 9.17. The molecule has 19 heavy (non-hydrogen) atoms. The number of methoxy groups -OCH3 is 1. The van der Waals surface area contributed by atoms with Crippen LogP contribution in [0.5, 0.6) is 5.75 Å². The second kappa shape index (κ2) is 4.76. The number of ether oxygens (including phenoxy) is 1. The molecule has 0 aliphatic carbocycles. The fourth-order valence-corrected chi connectivity index (χ4v) is 3.27. The zero-order valence-corrected chi connectivity index (χ0v) is 11.5. The summed E-state index contributed by atoms with van der Waals surface area (Å²) in [5, 5.41) is 0. The molecule has 2 saturated heterocycles. The molecule has 2 aliphatic heterocycles. The third-order valence-corrected chi connectivity index (χ3v) is 4.35. The van der Waals surface area contributed by atoms with E-state index in [0.717, 1.165) is 31.9 Å². The summed E-state index contributed by atoms with van der Waals surface area (Å²) in [6.45, 7) is 5.59. The highest BCUT2D eigenvalue weighted by atomic mass is 16.5. The highest BCUT2D eigenvalue weighted by Gasteiger charge is 2.40. The molecule has 102 valence electrons. The minimum Gasteiger partial charge on any atom is -0.497 e. The summed E-state index contributed by atoms with van der Waals surface area (Å²) >= 11 is 0. The molecule has 2 heterocycles. The van der Waals surface area contributed by atoms with Gasteiger partial charge in [0.2, 0.25) is 5.91 Å². The Hall–Kier alpha value is -1.71. The van der Waals surface area contributed by atoms with E-state index >= 15 is 0 Å². The highest BCUT2D eigenvalue weighted by Crippen LogP contribution is 2.34. The van der Waals surface area contributed by atoms with Crippen molar-refractivity contribution < 1.29 is 9.53 Å². The molecular formula is C15H20N2O2. The van der Waals surface area contributed by atoms with E-state index in [0.29, 0.717) is 11.8 Å². The first-order valence-electron chi connectivity index (χ1n) is 6.82. The predicted octanol–water partition coefficient (Wildman–Crippen LogP) is 1.61. The number of amides is 1. The van der Waals surface area contributed by atoms with Gasteiger partial charge in [0, 0.05) is 56.7 Å². The second-order valence-corrected chi connectivity index (χ2v) is 5.55. The normalized spacial score (nSPS) is 25.6. The maximum atomic E-state index is 11.4. The number of carbonyl (C=O) groups excluding carboxylic acids is 1. The van der Waals surface area contributed by atoms with Gasteiger partial charge in [-0.1, -0.05) is 6.07 Å². The molecule has 2 fully saturated rings. The summed E-state index contributed by atoms with van der Waals surface area (Å²) < 4.78 is 5.28. The first kappa shape index (κ1) is 12.3. The lowest BCUT2D eigenvalue weighted by atomic mass is 10.0. The van der Waals surface area contributed by atoms with Gasteiger partial charge in [-0.3, -0.25) is 4.79 Å². The standard InChI is InChI=1S/C15H20N2O2/c1-11(18)16-7-12-9-17(10-13(12)8-16)14-4-3-5-15(6-14)19-2/h3-6,12-13H,7-10H2,1-2H3. The van der Waals surface area contributed by atoms with Crippen molar-refractivity contribution in [1.82, 2.24) is 4.90 Å². The molecule has 4 heteroatoms. The molecule has 2 aliphatic rings. The third kappa shape index (κ3) is 2.27. The Balaban J connectivity index is 1.69. The summed E-state index contributed by atoms with van der Waals surface area (Å²) in [7, 11) is 1.70. The van der Waals surface area contributed by atoms with Crippen LogP contribution in [0, 0.1) is 11.8 Å². The largest absolute Gasteiger partial charge is 0.497 e. The first-order valence-corrected chi connectivity index (χ1v) is 6.82. The Morgan fingerprint density at radius 1 is 1.21 bits per heavy atom. The maximum absolute atomic E-state index is 11.4. The van der Waals surface area contributed by atoms with Gasteiger partial charge in [-0.15, -0.1) is 0 Å². The minimum absolute atomic E-state index is 0.210. The van der Waals surface area contributed by atoms with E-state index in [1.54, 1.807) is 14.0 Å². The SMILES string of the molecule is COc1cccc(N2CC3CN(C(C)=O)CC3C2)c1. The van der Waals surface area contributed by atoms with E-state index in [1.165, 1.54) is 5.69 Å². The van der Waals surface area contributed by atoms with E-state index in [4.69, 9.17) is 4.74 Å². The van der Waals surface area contributed by atoms with Gasteiger partial charge in [0.25, 0.3) is 0 Å². The van der Waals surface area contributed by atoms with Crippen LogP contribution < -0.4 is 9.64 Å². The zero-order valence-electron chi connectivity index (χ0n) is 11.5. The molecule has 0 spiro atoms. The van der Waals surface area contributed by atoms with Gasteiger partial charge >= 0.3 is 0 Å². The van der Waals surface area contributed by atoms with Gasteiger partial charge < -0.3 is 14.5 Å². The van der Waals surface area contributed by atoms with Crippen LogP contribution in [0.4, 0.5) is 5.69 Å². The van der Waals surface area contributed by atoms with Gasteiger partial charge in [0.1, 0.15) is 5.75 Å². The van der Waals surface area contributed by atoms with Crippen molar-refractivity contribution >= 4 is 11.6 Å². The lowest BCUT2D eigenvalue weighted by Crippen LogP contribution is -2.31. The third-order valence-electron chi connectivity index (χ3n) is 4.35. The van der Waals surface area contributed by atoms with Crippen molar-refractivity contribution in [2.45, 2.75) is 6.92 Å². The van der Waals surface area contributed by atoms with E-state index in [-0.39, 0.29) is 5.91 Å². The predicted molar refractivity (Wildman–Crippen MR) is 74.4 cm³/mol. The summed E-state index contributed by atoms with van der Waals surface area (Å²) in [6.07, 6.45) is 0. The monoisotopic (exact) mass is 260 g/mol. The van der Waals surface area contributed by atoms with Crippen LogP contribution in [0.1, 0.15) is 6.92 Å². The maximum Gasteiger partial charge on any atom is 0.219 e. The van der Waals surface area contributed by atoms with Gasteiger partial charge in [0.05, 0.1) is 7.11 Å². The van der Waals surface area contributed by atoms with E-state index in [1.807, 2.05) is 17.0 Å². The van der Waals surface area contributed by atoms with E-state index < -0.39 is 0 Å². The molecule has 0 saturated carbocycles. The number of fused-ring (bicyclic) bond motifs is 1. The van der Waals surface area contributed by atoms with Crippen LogP contribution >= 0.6 is 0 Å². The molecule has 0 radical (unpaired) electrons. The van der Waals surface area contributed by atoms with Gasteiger partial charge in [-0.25, -0.2) is 0 Å². The van der Waals surface area contributed by atoms with Crippen molar-refractivity contribution in [1.29, 1.82) is 0 Å². The molecule has 2 atom stereocenters. The number of carbonyl (C=O) groups is 1. The lowest BCUT2D eigenvalue weighted by molar-refractivity contribution is -0.128. The van der Waals surface area contributed by atoms with Crippen LogP contribution in [0.15, 0.2) is 24.3 Å². The zero-order chi connectivity index (χ0) is 13.4. The topological polar surface area (TPSA) is 32.8 Å². The Labute approximate surface area is 113 Å². The minimum atomic E-state index is 0.210. The number of nitrogens with zero attached hydrogens (tertiary/aromatic N) is 2. The number of hydrogen-bond acceptors (Lipinski definition) is 3. The van der Waals surface area contributed by atoms with Crippen molar-refractivity contribution in [3.8, 4) is 5.75 Å². The van der Waals surface area contributed by atoms with Crippen molar-refractivity contribution in [2.24, 2.45) is 11.8 Å². The van der Waals surface area contributed by atoms with Crippen LogP contribution in [0.3, 0.4) is 0 Å². The summed E-state index contributed by atoms with van der Waals surface area (Å²) in [5.74, 6) is 2.35. The van der Waals surface area contributed by atoms with Gasteiger partial charge in [0.15, 0.2) is 0 Å². The number of likely N-dealkylation sites (tertiary alicyclic amines) is 1. The highest BCUT2D eigenvalue weighted by molar-refractivity contribution is 5.73. The number of hydrogen-bond donors (Lipinski definition) is 0. The molecule has 1 aromatic carbocycles. The molecule has 0 N–H and O–H groups in total. The average molecular weight is 260 g/mol. The molecule has 0 bridgehead atoms. The smallest absolute Gasteiger partial charge is 0.219 e. The van der Waals surface area contributed by atoms with Crippen LogP contribution in [-0.2, 0) is 4.79 Å². The summed E-state index contributed by atoms with van der Waals surface area (Å²) in [4.78, 5) is 15.8. The molecule has 2 unspecified atom stereocenters. The fraction of sp³-hybridized carbons (Fsp3) is 0.533. The van der Waals surface area contributed by atoms with Crippen molar-refractivity contribution in [3.63, 3.8) is 0 Å². The summed E-state index contributed by atoms with van der Waals surface area (Å²) in [6, 6.07) is 8.22. The molecule has 3 rings (SSSR count). The van der Waals surface area contributed by atoms with E-state index in [2.05, 4.69) is 17.0 Å². The van der Waals surface area contributed by atoms with Gasteiger partial charge in [-0.05, 0) is 12.1 Å². The quantitative estimate of drug-likeness (QED) is 0.810. The molecule has 0 aromatic heterocycles. The number of rotatable bonds is 2. The van der Waals surface area contributed by atoms with Crippen LogP contribution in [0.2, 0.25) is 0 Å². The van der Waals surface area contributed by atoms with Gasteiger partial charge in [-0.2, -0.15) is 0 Å². The molecular weight excluding hydrogens is 240 g/mol. The number of anilines is 1. The Morgan fingerprint density at radius 2 is 1.89 bits per heavy atom. The Morgan fingerprint density at radius 3 is 2.47 bits per heavy atom. The molecule has 1 amide bonds. The van der Waals surface area contributed by atoms with Crippen LogP contribution in [0.25, 0.3) is 0 Å². The lowest BCUT2D eigenvalue weighted by Gasteiger charge is -2.22. The fourth-order valence-electron chi connectivity index (χ4n) is 3.27. The molecule has 4 nitrogen and oxygen atoms in total. The molecule has 1 aromatic rings. The summed E-state index contributed by atoms with van der Waals surface area (Å²) in [5.41, 5.74) is 1.23. The second-order valence-electron chi connectivity index (χ2n) is 5.55. The van der Waals surface area contributed by atoms with Crippen molar-refractivity contribution in [2.75, 3.05) is 38.2 Å².